The normalized spacial score (nSPS) is 21.4. The third-order valence-corrected chi connectivity index (χ3v) is 12.4. The van der Waals surface area contributed by atoms with Crippen LogP contribution in [0.25, 0.3) is 0 Å². The summed E-state index contributed by atoms with van der Waals surface area (Å²) in [5.41, 5.74) is 16.6. The molecule has 0 aromatic rings. The van der Waals surface area contributed by atoms with E-state index in [1.54, 1.807) is 13.8 Å². The van der Waals surface area contributed by atoms with Crippen molar-refractivity contribution in [3.8, 4) is 0 Å². The zero-order valence-corrected chi connectivity index (χ0v) is 40.5. The summed E-state index contributed by atoms with van der Waals surface area (Å²) < 4.78 is 0. The fourth-order valence-corrected chi connectivity index (χ4v) is 8.84. The first-order valence-electron chi connectivity index (χ1n) is 23.2. The van der Waals surface area contributed by atoms with Gasteiger partial charge in [0, 0.05) is 31.9 Å². The molecule has 23 nitrogen and oxygen atoms in total. The monoisotopic (exact) mass is 967 g/mol. The summed E-state index contributed by atoms with van der Waals surface area (Å²) in [7, 11) is 0. The largest absolute Gasteiger partial charge is 0.480 e. The molecule has 13 N–H and O–H groups in total. The van der Waals surface area contributed by atoms with E-state index in [4.69, 9.17) is 17.2 Å². The number of amides is 8. The quantitative estimate of drug-likeness (QED) is 0.0203. The number of nitrogens with one attached hydrogen (secondary N) is 5. The molecule has 8 amide bonds. The van der Waals surface area contributed by atoms with Crippen LogP contribution in [0.2, 0.25) is 0 Å². The lowest BCUT2D eigenvalue weighted by molar-refractivity contribution is -0.148. The van der Waals surface area contributed by atoms with E-state index in [-0.39, 0.29) is 81.8 Å². The van der Waals surface area contributed by atoms with E-state index in [0.29, 0.717) is 32.1 Å². The number of rotatable bonds is 24. The van der Waals surface area contributed by atoms with Crippen molar-refractivity contribution in [3.63, 3.8) is 0 Å². The van der Waals surface area contributed by atoms with Gasteiger partial charge < -0.3 is 68.7 Å². The first-order chi connectivity index (χ1) is 31.5. The number of aliphatic hydroxyl groups excluding tert-OH is 1. The van der Waals surface area contributed by atoms with Crippen LogP contribution in [0.1, 0.15) is 106 Å². The number of aliphatic hydroxyl groups is 1. The zero-order chi connectivity index (χ0) is 50.3. The van der Waals surface area contributed by atoms with Crippen molar-refractivity contribution in [2.75, 3.05) is 31.9 Å². The highest BCUT2D eigenvalue weighted by molar-refractivity contribution is 7.80. The maximum Gasteiger partial charge on any atom is 0.326 e. The molecule has 3 saturated heterocycles. The summed E-state index contributed by atoms with van der Waals surface area (Å²) in [6.45, 7) is 10.8. The van der Waals surface area contributed by atoms with E-state index in [2.05, 4.69) is 44.2 Å². The van der Waals surface area contributed by atoms with E-state index in [1.165, 1.54) is 28.5 Å². The SMILES string of the molecule is CC(C)C[C@H](NC(=O)[C@@H](NC(=O)[C@@H]1CCCN1C(=O)[C@H](CC(C)C)NC(=O)[C@H](CS)NC(=O)[C@@H]1CCCN1C(=O)[C@@H]1CCCN1C(=O)[C@H](CCCN=C(N)N)NC(=O)[C@H](C)N)[C@@H](C)O)C(=O)O. The fourth-order valence-electron chi connectivity index (χ4n) is 8.59. The van der Waals surface area contributed by atoms with Gasteiger partial charge >= 0.3 is 5.97 Å². The number of likely N-dealkylation sites (tertiary alicyclic amines) is 3. The van der Waals surface area contributed by atoms with Gasteiger partial charge in [-0.05, 0) is 89.9 Å². The Morgan fingerprint density at radius 2 is 1.12 bits per heavy atom. The van der Waals surface area contributed by atoms with Crippen molar-refractivity contribution >= 4 is 71.8 Å². The Bertz CT molecular complexity index is 1810. The van der Waals surface area contributed by atoms with Gasteiger partial charge in [-0.3, -0.25) is 43.3 Å². The van der Waals surface area contributed by atoms with Gasteiger partial charge in [0.05, 0.1) is 12.1 Å². The van der Waals surface area contributed by atoms with Gasteiger partial charge in [-0.15, -0.1) is 0 Å². The lowest BCUT2D eigenvalue weighted by atomic mass is 10.0. The number of nitrogens with two attached hydrogens (primary N) is 3. The Labute approximate surface area is 397 Å². The van der Waals surface area contributed by atoms with Gasteiger partial charge in [0.25, 0.3) is 0 Å². The number of carbonyl (C=O) groups excluding carboxylic acids is 8. The van der Waals surface area contributed by atoms with Crippen LogP contribution < -0.4 is 43.8 Å². The zero-order valence-electron chi connectivity index (χ0n) is 39.6. The molecular weight excluding hydrogens is 893 g/mol. The van der Waals surface area contributed by atoms with Crippen LogP contribution in [-0.2, 0) is 43.2 Å². The lowest BCUT2D eigenvalue weighted by Crippen LogP contribution is -2.61. The Kier molecular flexibility index (Phi) is 22.1. The predicted octanol–water partition coefficient (Wildman–Crippen LogP) is -2.73. The van der Waals surface area contributed by atoms with Gasteiger partial charge in [0.1, 0.15) is 48.3 Å². The molecule has 3 aliphatic heterocycles. The van der Waals surface area contributed by atoms with Gasteiger partial charge in [-0.2, -0.15) is 12.6 Å². The fraction of sp³-hybridized carbons (Fsp3) is 0.767. The van der Waals surface area contributed by atoms with Gasteiger partial charge in [-0.1, -0.05) is 27.7 Å². The lowest BCUT2D eigenvalue weighted by Gasteiger charge is -2.33. The molecule has 3 aliphatic rings. The number of aliphatic imine (C=N–C) groups is 1. The highest BCUT2D eigenvalue weighted by Gasteiger charge is 2.45. The molecule has 0 aliphatic carbocycles. The standard InChI is InChI=1S/C43H74N12O11S/c1-22(2)19-27(40(63)53-16-8-13-31(53)37(60)52-33(25(6)56)38(61)50-28(42(65)66)20-23(3)4)49-35(58)29(21-67)51-36(59)30-12-9-17-54(30)41(64)32-14-10-18-55(32)39(62)26(48-34(57)24(5)44)11-7-15-47-43(45)46/h22-33,56,67H,7-21,44H2,1-6H3,(H,48,57)(H,49,58)(H,50,61)(H,51,59)(H,52,60)(H,65,66)(H4,45,46,47)/t24-,25+,26-,27-,28-,29-,30-,31-,32-,33-/m0/s1. The number of carbonyl (C=O) groups is 9. The average Bonchev–Trinajstić information content (AvgIpc) is 4.06. The van der Waals surface area contributed by atoms with Crippen molar-refractivity contribution in [1.82, 2.24) is 41.3 Å². The van der Waals surface area contributed by atoms with Crippen molar-refractivity contribution in [2.45, 2.75) is 166 Å². The topological polar surface area (TPSA) is 354 Å². The number of carboxylic acid groups (broad SMARTS) is 1. The molecule has 0 saturated carbocycles. The molecule has 0 radical (unpaired) electrons. The van der Waals surface area contributed by atoms with E-state index in [1.807, 2.05) is 13.8 Å². The Balaban J connectivity index is 1.72. The van der Waals surface area contributed by atoms with Crippen LogP contribution in [0.5, 0.6) is 0 Å². The van der Waals surface area contributed by atoms with E-state index >= 15 is 0 Å². The van der Waals surface area contributed by atoms with Crippen LogP contribution in [0, 0.1) is 11.8 Å². The van der Waals surface area contributed by atoms with Crippen LogP contribution in [-0.4, -0.2) is 177 Å². The maximum absolute atomic E-state index is 14.2. The van der Waals surface area contributed by atoms with Crippen molar-refractivity contribution in [3.05, 3.63) is 0 Å². The molecule has 0 unspecified atom stereocenters. The minimum Gasteiger partial charge on any atom is -0.480 e. The molecule has 3 heterocycles. The average molecular weight is 967 g/mol. The van der Waals surface area contributed by atoms with E-state index < -0.39 is 114 Å². The Hall–Kier alpha value is -5.23. The molecule has 0 aromatic carbocycles. The van der Waals surface area contributed by atoms with Crippen molar-refractivity contribution in [1.29, 1.82) is 0 Å². The summed E-state index contributed by atoms with van der Waals surface area (Å²) in [5, 5.41) is 33.1. The Morgan fingerprint density at radius 3 is 1.64 bits per heavy atom. The van der Waals surface area contributed by atoms with Gasteiger partial charge in [0.2, 0.25) is 47.3 Å². The number of thiol groups is 1. The number of nitrogens with zero attached hydrogens (tertiary/aromatic N) is 4. The molecule has 67 heavy (non-hydrogen) atoms. The summed E-state index contributed by atoms with van der Waals surface area (Å²) >= 11 is 4.33. The second-order valence-corrected chi connectivity index (χ2v) is 18.9. The molecule has 24 heteroatoms. The van der Waals surface area contributed by atoms with Gasteiger partial charge in [-0.25, -0.2) is 4.79 Å². The predicted molar refractivity (Wildman–Crippen MR) is 249 cm³/mol. The summed E-state index contributed by atoms with van der Waals surface area (Å²) in [6, 6.07) is -10.1. The van der Waals surface area contributed by atoms with Crippen molar-refractivity contribution < 1.29 is 53.4 Å². The molecule has 3 rings (SSSR count). The summed E-state index contributed by atoms with van der Waals surface area (Å²) in [6.07, 6.45) is 1.57. The summed E-state index contributed by atoms with van der Waals surface area (Å²) in [4.78, 5) is 129. The number of carboxylic acids is 1. The minimum absolute atomic E-state index is 0.0793. The summed E-state index contributed by atoms with van der Waals surface area (Å²) in [5.74, 6) is -6.84. The maximum atomic E-state index is 14.2. The second-order valence-electron chi connectivity index (χ2n) is 18.6. The molecular formula is C43H74N12O11S. The molecule has 378 valence electrons. The molecule has 10 atom stereocenters. The van der Waals surface area contributed by atoms with Crippen LogP contribution in [0.4, 0.5) is 0 Å². The first kappa shape index (κ1) is 56.1. The molecule has 0 aromatic heterocycles. The highest BCUT2D eigenvalue weighted by Crippen LogP contribution is 2.27. The third-order valence-electron chi connectivity index (χ3n) is 12.0. The number of aliphatic carboxylic acids is 1. The molecule has 0 bridgehead atoms. The second kappa shape index (κ2) is 26.3. The van der Waals surface area contributed by atoms with Gasteiger partial charge in [0.15, 0.2) is 5.96 Å². The third kappa shape index (κ3) is 16.2. The first-order valence-corrected chi connectivity index (χ1v) is 23.9. The molecule has 3 fully saturated rings. The number of hydrogen-bond acceptors (Lipinski definition) is 13. The number of hydrogen-bond donors (Lipinski definition) is 11. The van der Waals surface area contributed by atoms with Crippen LogP contribution in [0.15, 0.2) is 4.99 Å². The van der Waals surface area contributed by atoms with E-state index in [9.17, 15) is 53.4 Å². The van der Waals surface area contributed by atoms with Crippen LogP contribution >= 0.6 is 12.6 Å². The smallest absolute Gasteiger partial charge is 0.326 e. The minimum atomic E-state index is -1.53. The van der Waals surface area contributed by atoms with Crippen molar-refractivity contribution in [2.24, 2.45) is 34.0 Å². The number of guanidine groups is 1. The Morgan fingerprint density at radius 1 is 0.642 bits per heavy atom. The van der Waals surface area contributed by atoms with Crippen LogP contribution in [0.3, 0.4) is 0 Å². The van der Waals surface area contributed by atoms with E-state index in [0.717, 1.165) is 0 Å². The molecule has 0 spiro atoms. The highest BCUT2D eigenvalue weighted by atomic mass is 32.1.